The van der Waals surface area contributed by atoms with Crippen molar-refractivity contribution in [3.63, 3.8) is 0 Å². The van der Waals surface area contributed by atoms with Gasteiger partial charge in [0, 0.05) is 0 Å². The van der Waals surface area contributed by atoms with Gasteiger partial charge in [-0.25, -0.2) is 4.98 Å². The lowest BCUT2D eigenvalue weighted by Gasteiger charge is -2.24. The summed E-state index contributed by atoms with van der Waals surface area (Å²) in [6.45, 7) is 6.44. The Hall–Kier alpha value is -3.95. The highest BCUT2D eigenvalue weighted by atomic mass is 32.1. The molecule has 1 amide bonds. The van der Waals surface area contributed by atoms with Gasteiger partial charge in [-0.05, 0) is 54.3 Å². The van der Waals surface area contributed by atoms with Crippen LogP contribution in [0, 0.1) is 0 Å². The molecule has 3 heterocycles. The fourth-order valence-corrected chi connectivity index (χ4v) is 5.74. The first-order valence-electron chi connectivity index (χ1n) is 11.2. The van der Waals surface area contributed by atoms with E-state index in [0.29, 0.717) is 45.8 Å². The van der Waals surface area contributed by atoms with Gasteiger partial charge in [-0.2, -0.15) is 0 Å². The van der Waals surface area contributed by atoms with E-state index in [1.807, 2.05) is 25.1 Å². The number of amides is 1. The van der Waals surface area contributed by atoms with Crippen molar-refractivity contribution in [2.75, 3.05) is 18.1 Å². The molecule has 0 fully saturated rings. The Balaban J connectivity index is 1.60. The molecule has 9 heteroatoms. The average Bonchev–Trinajstić information content (AvgIpc) is 3.62. The van der Waals surface area contributed by atoms with Gasteiger partial charge in [0.15, 0.2) is 10.9 Å². The van der Waals surface area contributed by atoms with Gasteiger partial charge in [0.1, 0.15) is 18.1 Å². The normalized spacial score (nSPS) is 15.5. The van der Waals surface area contributed by atoms with E-state index in [-0.39, 0.29) is 5.57 Å². The number of hydrogen-bond donors (Lipinski definition) is 1. The van der Waals surface area contributed by atoms with Crippen LogP contribution in [0.3, 0.4) is 0 Å². The largest absolute Gasteiger partial charge is 0.503 e. The second-order valence-electron chi connectivity index (χ2n) is 7.87. The quantitative estimate of drug-likeness (QED) is 0.213. The van der Waals surface area contributed by atoms with E-state index >= 15 is 0 Å². The van der Waals surface area contributed by atoms with Gasteiger partial charge in [0.05, 0.1) is 33.3 Å². The van der Waals surface area contributed by atoms with Crippen LogP contribution < -0.4 is 14.4 Å². The molecule has 1 unspecified atom stereocenters. The Morgan fingerprint density at radius 1 is 1.17 bits per heavy atom. The smallest absolute Gasteiger partial charge is 0.296 e. The third-order valence-corrected chi connectivity index (χ3v) is 7.51. The summed E-state index contributed by atoms with van der Waals surface area (Å²) in [5.74, 6) is -0.308. The number of thiazole rings is 1. The Morgan fingerprint density at radius 2 is 1.94 bits per heavy atom. The topological polar surface area (TPSA) is 89.0 Å². The second-order valence-corrected chi connectivity index (χ2v) is 9.83. The van der Waals surface area contributed by atoms with Gasteiger partial charge in [-0.1, -0.05) is 42.2 Å². The summed E-state index contributed by atoms with van der Waals surface area (Å²) >= 11 is 2.55. The minimum absolute atomic E-state index is 0.0245. The molecule has 0 bridgehead atoms. The first-order chi connectivity index (χ1) is 17.5. The van der Waals surface area contributed by atoms with Gasteiger partial charge >= 0.3 is 0 Å². The van der Waals surface area contributed by atoms with Crippen molar-refractivity contribution in [1.82, 2.24) is 4.98 Å². The number of aromatic nitrogens is 1. The zero-order valence-corrected chi connectivity index (χ0v) is 21.0. The van der Waals surface area contributed by atoms with Gasteiger partial charge in [0.25, 0.3) is 5.91 Å². The molecule has 0 aliphatic carbocycles. The molecule has 182 valence electrons. The van der Waals surface area contributed by atoms with Gasteiger partial charge in [-0.3, -0.25) is 14.5 Å². The lowest BCUT2D eigenvalue weighted by atomic mass is 9.95. The highest BCUT2D eigenvalue weighted by molar-refractivity contribution is 7.22. The van der Waals surface area contributed by atoms with Crippen LogP contribution in [0.25, 0.3) is 10.2 Å². The van der Waals surface area contributed by atoms with Crippen LogP contribution in [-0.2, 0) is 4.79 Å². The van der Waals surface area contributed by atoms with Crippen molar-refractivity contribution in [3.05, 3.63) is 94.4 Å². The van der Waals surface area contributed by atoms with Crippen LogP contribution in [0.5, 0.6) is 11.5 Å². The van der Waals surface area contributed by atoms with Crippen LogP contribution in [0.15, 0.2) is 84.0 Å². The number of aliphatic hydroxyl groups excluding tert-OH is 1. The minimum Gasteiger partial charge on any atom is -0.503 e. The third kappa shape index (κ3) is 4.27. The van der Waals surface area contributed by atoms with E-state index in [4.69, 9.17) is 9.47 Å². The number of fused-ring (bicyclic) bond motifs is 1. The summed E-state index contributed by atoms with van der Waals surface area (Å²) in [6.07, 6.45) is 1.65. The van der Waals surface area contributed by atoms with E-state index in [1.54, 1.807) is 47.9 Å². The molecular weight excluding hydrogens is 496 g/mol. The highest BCUT2D eigenvalue weighted by Gasteiger charge is 2.46. The van der Waals surface area contributed by atoms with Crippen molar-refractivity contribution in [1.29, 1.82) is 0 Å². The average molecular weight is 519 g/mol. The van der Waals surface area contributed by atoms with Gasteiger partial charge < -0.3 is 14.6 Å². The summed E-state index contributed by atoms with van der Waals surface area (Å²) < 4.78 is 12.0. The summed E-state index contributed by atoms with van der Waals surface area (Å²) in [6, 6.07) is 15.2. The number of carbonyl (C=O) groups is 2. The van der Waals surface area contributed by atoms with E-state index in [2.05, 4.69) is 11.6 Å². The van der Waals surface area contributed by atoms with E-state index in [1.165, 1.54) is 27.6 Å². The number of ketones is 1. The minimum atomic E-state index is -0.854. The van der Waals surface area contributed by atoms with Gasteiger partial charge in [-0.15, -0.1) is 11.3 Å². The Morgan fingerprint density at radius 3 is 2.64 bits per heavy atom. The van der Waals surface area contributed by atoms with Crippen LogP contribution in [-0.4, -0.2) is 35.0 Å². The highest BCUT2D eigenvalue weighted by Crippen LogP contribution is 2.45. The maximum Gasteiger partial charge on any atom is 0.296 e. The molecule has 0 spiro atoms. The number of rotatable bonds is 9. The molecule has 1 N–H and O–H groups in total. The number of ether oxygens (including phenoxy) is 2. The molecule has 1 aliphatic rings. The Kier molecular flexibility index (Phi) is 6.58. The lowest BCUT2D eigenvalue weighted by molar-refractivity contribution is -0.117. The van der Waals surface area contributed by atoms with Crippen molar-refractivity contribution in [2.45, 2.75) is 13.0 Å². The predicted molar refractivity (Wildman–Crippen MR) is 141 cm³/mol. The molecule has 1 atom stereocenters. The van der Waals surface area contributed by atoms with Crippen molar-refractivity contribution in [3.8, 4) is 11.5 Å². The first kappa shape index (κ1) is 23.8. The molecule has 0 saturated heterocycles. The van der Waals surface area contributed by atoms with E-state index < -0.39 is 23.5 Å². The molecule has 0 saturated carbocycles. The predicted octanol–water partition coefficient (Wildman–Crippen LogP) is 6.10. The van der Waals surface area contributed by atoms with Gasteiger partial charge in [0.2, 0.25) is 5.78 Å². The Bertz CT molecular complexity index is 1470. The van der Waals surface area contributed by atoms with Crippen LogP contribution in [0.1, 0.15) is 28.2 Å². The zero-order chi connectivity index (χ0) is 25.2. The number of thiophene rings is 1. The van der Waals surface area contributed by atoms with Crippen molar-refractivity contribution >= 4 is 49.7 Å². The van der Waals surface area contributed by atoms with Crippen molar-refractivity contribution < 1.29 is 24.2 Å². The van der Waals surface area contributed by atoms with Crippen LogP contribution >= 0.6 is 22.7 Å². The summed E-state index contributed by atoms with van der Waals surface area (Å²) in [5.41, 5.74) is 1.36. The number of anilines is 1. The molecule has 7 nitrogen and oxygen atoms in total. The standard InChI is InChI=1S/C27H22N2O5S2/c1-3-13-34-17-9-7-16(8-10-17)23-22(24(30)20-6-5-14-35-20)25(31)26(32)29(23)27-28-19-12-11-18(33-4-2)15-21(19)36-27/h3,5-12,14-15,23,31H,1,4,13H2,2H3. The number of Topliss-reactive ketones (excluding diaryl/α,β-unsaturated/α-hetero) is 1. The molecule has 5 rings (SSSR count). The Labute approximate surface area is 215 Å². The molecule has 36 heavy (non-hydrogen) atoms. The number of carbonyl (C=O) groups excluding carboxylic acids is 2. The number of hydrogen-bond acceptors (Lipinski definition) is 8. The maximum absolute atomic E-state index is 13.5. The monoisotopic (exact) mass is 518 g/mol. The summed E-state index contributed by atoms with van der Waals surface area (Å²) in [4.78, 5) is 33.4. The fourth-order valence-electron chi connectivity index (χ4n) is 4.04. The second kappa shape index (κ2) is 9.96. The molecule has 1 aliphatic heterocycles. The molecule has 2 aromatic heterocycles. The maximum atomic E-state index is 13.5. The summed E-state index contributed by atoms with van der Waals surface area (Å²) in [7, 11) is 0. The van der Waals surface area contributed by atoms with E-state index in [0.717, 1.165) is 4.70 Å². The molecule has 0 radical (unpaired) electrons. The van der Waals surface area contributed by atoms with Crippen molar-refractivity contribution in [2.24, 2.45) is 0 Å². The molecular formula is C27H22N2O5S2. The third-order valence-electron chi connectivity index (χ3n) is 5.63. The summed E-state index contributed by atoms with van der Waals surface area (Å²) in [5, 5.41) is 13.1. The SMILES string of the molecule is C=CCOc1ccc(C2C(C(=O)c3cccs3)=C(O)C(=O)N2c2nc3ccc(OCC)cc3s2)cc1. The fraction of sp³-hybridized carbons (Fsp3) is 0.148. The number of nitrogens with zero attached hydrogens (tertiary/aromatic N) is 2. The lowest BCUT2D eigenvalue weighted by Crippen LogP contribution is -2.30. The van der Waals surface area contributed by atoms with E-state index in [9.17, 15) is 14.7 Å². The number of benzene rings is 2. The van der Waals surface area contributed by atoms with Crippen LogP contribution in [0.2, 0.25) is 0 Å². The molecule has 4 aromatic rings. The first-order valence-corrected chi connectivity index (χ1v) is 12.9. The number of aliphatic hydroxyl groups is 1. The molecule has 2 aromatic carbocycles. The zero-order valence-electron chi connectivity index (χ0n) is 19.3. The van der Waals surface area contributed by atoms with Crippen LogP contribution in [0.4, 0.5) is 5.13 Å².